The zero-order chi connectivity index (χ0) is 28.4. The SMILES string of the molecule is O=C(O)[C@H](CCN(CCCCc1ccc2c(n1)NCCC2)CCN1CCOCC1=O)Nc1ncnc2ccccc12. The van der Waals surface area contributed by atoms with Crippen LogP contribution in [0.2, 0.25) is 0 Å². The molecule has 2 aliphatic heterocycles. The summed E-state index contributed by atoms with van der Waals surface area (Å²) < 4.78 is 5.27. The lowest BCUT2D eigenvalue weighted by Gasteiger charge is -2.30. The molecule has 0 bridgehead atoms. The van der Waals surface area contributed by atoms with Crippen LogP contribution in [0.5, 0.6) is 0 Å². The molecule has 5 rings (SSSR count). The molecule has 1 atom stereocenters. The van der Waals surface area contributed by atoms with Gasteiger partial charge in [-0.2, -0.15) is 0 Å². The van der Waals surface area contributed by atoms with Gasteiger partial charge in [0.1, 0.15) is 30.6 Å². The molecule has 3 N–H and O–H groups in total. The van der Waals surface area contributed by atoms with Gasteiger partial charge >= 0.3 is 5.97 Å². The number of morpholine rings is 1. The number of hydrogen-bond donors (Lipinski definition) is 3. The number of para-hydroxylation sites is 1. The average Bonchev–Trinajstić information content (AvgIpc) is 3.00. The zero-order valence-electron chi connectivity index (χ0n) is 23.4. The number of carbonyl (C=O) groups is 2. The third-order valence-electron chi connectivity index (χ3n) is 7.76. The summed E-state index contributed by atoms with van der Waals surface area (Å²) in [4.78, 5) is 42.0. The van der Waals surface area contributed by atoms with Crippen molar-refractivity contribution in [2.45, 2.75) is 44.6 Å². The van der Waals surface area contributed by atoms with Gasteiger partial charge in [0.05, 0.1) is 12.1 Å². The van der Waals surface area contributed by atoms with Crippen LogP contribution in [0.4, 0.5) is 11.6 Å². The van der Waals surface area contributed by atoms with Crippen LogP contribution in [-0.4, -0.2) is 100 Å². The number of fused-ring (bicyclic) bond motifs is 2. The van der Waals surface area contributed by atoms with E-state index in [1.54, 1.807) is 0 Å². The van der Waals surface area contributed by atoms with Crippen LogP contribution in [0.3, 0.4) is 0 Å². The molecule has 0 aliphatic carbocycles. The molecular weight excluding hydrogens is 522 g/mol. The fourth-order valence-corrected chi connectivity index (χ4v) is 5.39. The zero-order valence-corrected chi connectivity index (χ0v) is 23.4. The van der Waals surface area contributed by atoms with Crippen molar-refractivity contribution in [3.05, 3.63) is 54.0 Å². The number of aryl methyl sites for hydroxylation is 2. The Morgan fingerprint density at radius 1 is 1.15 bits per heavy atom. The van der Waals surface area contributed by atoms with Gasteiger partial charge < -0.3 is 30.3 Å². The minimum atomic E-state index is -0.928. The average molecular weight is 562 g/mol. The van der Waals surface area contributed by atoms with E-state index < -0.39 is 12.0 Å². The van der Waals surface area contributed by atoms with Gasteiger partial charge in [-0.3, -0.25) is 4.79 Å². The van der Waals surface area contributed by atoms with E-state index in [0.717, 1.165) is 67.6 Å². The summed E-state index contributed by atoms with van der Waals surface area (Å²) >= 11 is 0. The van der Waals surface area contributed by atoms with E-state index in [1.165, 1.54) is 11.9 Å². The van der Waals surface area contributed by atoms with Crippen molar-refractivity contribution in [1.82, 2.24) is 24.8 Å². The third-order valence-corrected chi connectivity index (χ3v) is 7.76. The Morgan fingerprint density at radius 2 is 2.05 bits per heavy atom. The van der Waals surface area contributed by atoms with E-state index in [1.807, 2.05) is 29.2 Å². The Bertz CT molecular complexity index is 1330. The van der Waals surface area contributed by atoms with Crippen molar-refractivity contribution in [3.8, 4) is 0 Å². The fourth-order valence-electron chi connectivity index (χ4n) is 5.39. The molecule has 218 valence electrons. The summed E-state index contributed by atoms with van der Waals surface area (Å²) in [6, 6.07) is 11.1. The van der Waals surface area contributed by atoms with Crippen LogP contribution in [0.1, 0.15) is 36.9 Å². The number of aromatic nitrogens is 3. The van der Waals surface area contributed by atoms with E-state index in [4.69, 9.17) is 9.72 Å². The first-order chi connectivity index (χ1) is 20.1. The Balaban J connectivity index is 1.18. The van der Waals surface area contributed by atoms with E-state index >= 15 is 0 Å². The minimum absolute atomic E-state index is 0.00371. The van der Waals surface area contributed by atoms with Gasteiger partial charge in [-0.15, -0.1) is 0 Å². The molecule has 1 amide bonds. The van der Waals surface area contributed by atoms with Crippen molar-refractivity contribution in [2.75, 3.05) is 63.1 Å². The Labute approximate surface area is 240 Å². The van der Waals surface area contributed by atoms with Gasteiger partial charge in [-0.25, -0.2) is 19.7 Å². The highest BCUT2D eigenvalue weighted by Crippen LogP contribution is 2.21. The first-order valence-electron chi connectivity index (χ1n) is 14.6. The molecule has 3 aromatic rings. The van der Waals surface area contributed by atoms with Crippen LogP contribution < -0.4 is 10.6 Å². The second-order valence-electron chi connectivity index (χ2n) is 10.6. The van der Waals surface area contributed by atoms with E-state index in [9.17, 15) is 14.7 Å². The largest absolute Gasteiger partial charge is 0.480 e. The maximum Gasteiger partial charge on any atom is 0.326 e. The molecular formula is C30H39N7O4. The Hall–Kier alpha value is -3.83. The lowest BCUT2D eigenvalue weighted by Crippen LogP contribution is -2.46. The van der Waals surface area contributed by atoms with Gasteiger partial charge in [0, 0.05) is 43.8 Å². The number of anilines is 2. The van der Waals surface area contributed by atoms with E-state index in [0.29, 0.717) is 45.0 Å². The molecule has 11 nitrogen and oxygen atoms in total. The van der Waals surface area contributed by atoms with Crippen molar-refractivity contribution in [1.29, 1.82) is 0 Å². The summed E-state index contributed by atoms with van der Waals surface area (Å²) in [5.41, 5.74) is 3.14. The molecule has 4 heterocycles. The van der Waals surface area contributed by atoms with Crippen molar-refractivity contribution < 1.29 is 19.4 Å². The van der Waals surface area contributed by atoms with Crippen LogP contribution in [0.25, 0.3) is 10.9 Å². The first kappa shape index (κ1) is 28.7. The van der Waals surface area contributed by atoms with Gasteiger partial charge in [-0.1, -0.05) is 18.2 Å². The number of carboxylic acids is 1. The monoisotopic (exact) mass is 561 g/mol. The number of carbonyl (C=O) groups excluding carboxylic acids is 1. The number of hydrogen-bond acceptors (Lipinski definition) is 9. The normalized spacial score (nSPS) is 15.9. The molecule has 0 saturated carbocycles. The standard InChI is InChI=1S/C30H39N7O4/c38-27-20-41-19-18-37(27)17-16-36(14-4-3-7-23-11-10-22-6-5-13-31-28(22)34-23)15-12-26(30(39)40)35-29-24-8-1-2-9-25(24)32-21-33-29/h1-2,8-11,21,26H,3-7,12-20H2,(H,31,34)(H,39,40)(H,32,33,35)/t26-/m0/s1. The highest BCUT2D eigenvalue weighted by atomic mass is 16.5. The highest BCUT2D eigenvalue weighted by molar-refractivity contribution is 5.90. The summed E-state index contributed by atoms with van der Waals surface area (Å²) in [5, 5.41) is 17.3. The molecule has 2 aliphatic rings. The number of ether oxygens (including phenoxy) is 1. The van der Waals surface area contributed by atoms with E-state index in [-0.39, 0.29) is 12.5 Å². The van der Waals surface area contributed by atoms with Crippen LogP contribution >= 0.6 is 0 Å². The second-order valence-corrected chi connectivity index (χ2v) is 10.6. The van der Waals surface area contributed by atoms with Gasteiger partial charge in [0.25, 0.3) is 0 Å². The lowest BCUT2D eigenvalue weighted by atomic mass is 10.1. The quantitative estimate of drug-likeness (QED) is 0.252. The third kappa shape index (κ3) is 7.89. The molecule has 1 saturated heterocycles. The molecule has 41 heavy (non-hydrogen) atoms. The van der Waals surface area contributed by atoms with E-state index in [2.05, 4.69) is 37.6 Å². The second kappa shape index (κ2) is 14.2. The number of nitrogens with one attached hydrogen (secondary N) is 2. The molecule has 1 aromatic carbocycles. The predicted octanol–water partition coefficient (Wildman–Crippen LogP) is 2.82. The summed E-state index contributed by atoms with van der Waals surface area (Å²) in [7, 11) is 0. The lowest BCUT2D eigenvalue weighted by molar-refractivity contribution is -0.142. The number of pyridine rings is 1. The number of benzene rings is 1. The van der Waals surface area contributed by atoms with Crippen LogP contribution in [0, 0.1) is 0 Å². The topological polar surface area (TPSA) is 133 Å². The molecule has 11 heteroatoms. The first-order valence-corrected chi connectivity index (χ1v) is 14.6. The van der Waals surface area contributed by atoms with Crippen molar-refractivity contribution in [2.24, 2.45) is 0 Å². The number of aliphatic carboxylic acids is 1. The predicted molar refractivity (Wildman–Crippen MR) is 157 cm³/mol. The fraction of sp³-hybridized carbons (Fsp3) is 0.500. The summed E-state index contributed by atoms with van der Waals surface area (Å²) in [5.74, 6) is 0.613. The van der Waals surface area contributed by atoms with Gasteiger partial charge in [0.15, 0.2) is 0 Å². The molecule has 2 aromatic heterocycles. The summed E-state index contributed by atoms with van der Waals surface area (Å²) in [6.45, 7) is 4.90. The number of rotatable bonds is 14. The number of unbranched alkanes of at least 4 members (excludes halogenated alkanes) is 1. The van der Waals surface area contributed by atoms with Crippen molar-refractivity contribution >= 4 is 34.4 Å². The number of amides is 1. The molecule has 1 fully saturated rings. The van der Waals surface area contributed by atoms with Gasteiger partial charge in [0.2, 0.25) is 5.91 Å². The Kier molecular flexibility index (Phi) is 9.92. The molecule has 0 radical (unpaired) electrons. The Morgan fingerprint density at radius 3 is 2.93 bits per heavy atom. The van der Waals surface area contributed by atoms with Crippen LogP contribution in [0.15, 0.2) is 42.7 Å². The smallest absolute Gasteiger partial charge is 0.326 e. The molecule has 0 spiro atoms. The van der Waals surface area contributed by atoms with Gasteiger partial charge in [-0.05, 0) is 68.8 Å². The minimum Gasteiger partial charge on any atom is -0.480 e. The van der Waals surface area contributed by atoms with Crippen LogP contribution in [-0.2, 0) is 27.2 Å². The maximum absolute atomic E-state index is 12.3. The molecule has 0 unspecified atom stereocenters. The maximum atomic E-state index is 12.3. The number of nitrogens with zero attached hydrogens (tertiary/aromatic N) is 5. The number of carboxylic acid groups (broad SMARTS) is 1. The highest BCUT2D eigenvalue weighted by Gasteiger charge is 2.22. The van der Waals surface area contributed by atoms with Crippen molar-refractivity contribution in [3.63, 3.8) is 0 Å². The summed E-state index contributed by atoms with van der Waals surface area (Å²) in [6.07, 6.45) is 6.89.